The van der Waals surface area contributed by atoms with Crippen molar-refractivity contribution < 1.29 is 9.53 Å². The van der Waals surface area contributed by atoms with Gasteiger partial charge >= 0.3 is 5.97 Å². The molecule has 0 aromatic heterocycles. The van der Waals surface area contributed by atoms with E-state index in [9.17, 15) is 4.79 Å². The summed E-state index contributed by atoms with van der Waals surface area (Å²) in [4.78, 5) is 11.6. The molecule has 0 spiro atoms. The minimum absolute atomic E-state index is 0.318. The van der Waals surface area contributed by atoms with Gasteiger partial charge in [-0.2, -0.15) is 0 Å². The first-order valence-corrected chi connectivity index (χ1v) is 12.0. The van der Waals surface area contributed by atoms with Gasteiger partial charge < -0.3 is 15.8 Å². The number of nitrogens with one attached hydrogen (secondary N) is 1. The first-order chi connectivity index (χ1) is 15.6. The molecule has 1 saturated carbocycles. The molecular formula is C28H38N2O2. The van der Waals surface area contributed by atoms with Crippen molar-refractivity contribution in [2.24, 2.45) is 5.73 Å². The Morgan fingerprint density at radius 1 is 1.06 bits per heavy atom. The molecule has 3 rings (SSSR count). The Labute approximate surface area is 193 Å². The number of esters is 1. The summed E-state index contributed by atoms with van der Waals surface area (Å²) in [5.41, 5.74) is 12.6. The average Bonchev–Trinajstić information content (AvgIpc) is 2.83. The monoisotopic (exact) mass is 434 g/mol. The van der Waals surface area contributed by atoms with Crippen LogP contribution >= 0.6 is 0 Å². The van der Waals surface area contributed by atoms with Crippen LogP contribution in [0.25, 0.3) is 11.1 Å². The van der Waals surface area contributed by atoms with Crippen LogP contribution in [0, 0.1) is 0 Å². The third kappa shape index (κ3) is 7.04. The van der Waals surface area contributed by atoms with E-state index in [1.165, 1.54) is 59.9 Å². The second-order valence-corrected chi connectivity index (χ2v) is 8.93. The smallest absolute Gasteiger partial charge is 0.333 e. The van der Waals surface area contributed by atoms with Crippen LogP contribution in [0.5, 0.6) is 0 Å². The molecule has 0 heterocycles. The van der Waals surface area contributed by atoms with Crippen molar-refractivity contribution in [2.75, 3.05) is 19.7 Å². The number of hydrogen-bond donors (Lipinski definition) is 2. The predicted octanol–water partition coefficient (Wildman–Crippen LogP) is 5.50. The van der Waals surface area contributed by atoms with Gasteiger partial charge in [0.1, 0.15) is 0 Å². The van der Waals surface area contributed by atoms with E-state index in [1.54, 1.807) is 6.92 Å². The van der Waals surface area contributed by atoms with Crippen molar-refractivity contribution in [3.05, 3.63) is 71.3 Å². The van der Waals surface area contributed by atoms with Crippen LogP contribution in [0.3, 0.4) is 0 Å². The number of benzene rings is 2. The maximum atomic E-state index is 11.6. The molecule has 0 unspecified atom stereocenters. The SMILES string of the molecule is C=C(C)C(=O)OCCCc1cc(-c2ccc(C3CCCCC3)cc2)ccc1CNCCN. The first kappa shape index (κ1) is 24.2. The summed E-state index contributed by atoms with van der Waals surface area (Å²) in [5.74, 6) is 0.410. The predicted molar refractivity (Wildman–Crippen MR) is 133 cm³/mol. The van der Waals surface area contributed by atoms with Crippen LogP contribution in [-0.4, -0.2) is 25.7 Å². The Morgan fingerprint density at radius 2 is 1.78 bits per heavy atom. The minimum Gasteiger partial charge on any atom is -0.462 e. The van der Waals surface area contributed by atoms with E-state index in [-0.39, 0.29) is 5.97 Å². The number of ether oxygens (including phenoxy) is 1. The Hall–Kier alpha value is -2.43. The van der Waals surface area contributed by atoms with Gasteiger partial charge in [0.2, 0.25) is 0 Å². The summed E-state index contributed by atoms with van der Waals surface area (Å²) in [7, 11) is 0. The van der Waals surface area contributed by atoms with Gasteiger partial charge in [0.15, 0.2) is 0 Å². The minimum atomic E-state index is -0.318. The van der Waals surface area contributed by atoms with Gasteiger partial charge in [-0.1, -0.05) is 68.3 Å². The van der Waals surface area contributed by atoms with E-state index in [0.717, 1.165) is 31.8 Å². The van der Waals surface area contributed by atoms with Gasteiger partial charge in [0.25, 0.3) is 0 Å². The number of carbonyl (C=O) groups excluding carboxylic acids is 1. The second kappa shape index (κ2) is 12.6. The largest absolute Gasteiger partial charge is 0.462 e. The van der Waals surface area contributed by atoms with Crippen LogP contribution in [0.15, 0.2) is 54.6 Å². The third-order valence-electron chi connectivity index (χ3n) is 6.34. The maximum Gasteiger partial charge on any atom is 0.333 e. The zero-order valence-electron chi connectivity index (χ0n) is 19.5. The molecule has 0 radical (unpaired) electrons. The van der Waals surface area contributed by atoms with Crippen LogP contribution in [0.2, 0.25) is 0 Å². The molecule has 0 aliphatic heterocycles. The molecular weight excluding hydrogens is 396 g/mol. The number of rotatable bonds is 11. The van der Waals surface area contributed by atoms with Crippen molar-refractivity contribution in [3.63, 3.8) is 0 Å². The van der Waals surface area contributed by atoms with E-state index in [0.29, 0.717) is 18.7 Å². The van der Waals surface area contributed by atoms with Gasteiger partial charge in [-0.25, -0.2) is 4.79 Å². The Kier molecular flexibility index (Phi) is 9.51. The summed E-state index contributed by atoms with van der Waals surface area (Å²) < 4.78 is 5.28. The Morgan fingerprint density at radius 3 is 2.47 bits per heavy atom. The van der Waals surface area contributed by atoms with Crippen molar-refractivity contribution in [1.29, 1.82) is 0 Å². The molecule has 1 fully saturated rings. The van der Waals surface area contributed by atoms with E-state index in [2.05, 4.69) is 54.4 Å². The van der Waals surface area contributed by atoms with E-state index in [1.807, 2.05) is 0 Å². The lowest BCUT2D eigenvalue weighted by atomic mass is 9.83. The zero-order valence-corrected chi connectivity index (χ0v) is 19.5. The molecule has 172 valence electrons. The van der Waals surface area contributed by atoms with Crippen LogP contribution in [0.4, 0.5) is 0 Å². The van der Waals surface area contributed by atoms with Gasteiger partial charge in [-0.05, 0) is 66.3 Å². The molecule has 2 aromatic carbocycles. The number of carbonyl (C=O) groups is 1. The molecule has 0 bridgehead atoms. The van der Waals surface area contributed by atoms with Crippen molar-refractivity contribution >= 4 is 5.97 Å². The summed E-state index contributed by atoms with van der Waals surface area (Å²) in [6.07, 6.45) is 8.39. The molecule has 32 heavy (non-hydrogen) atoms. The fourth-order valence-corrected chi connectivity index (χ4v) is 4.47. The van der Waals surface area contributed by atoms with Gasteiger partial charge in [-0.15, -0.1) is 0 Å². The van der Waals surface area contributed by atoms with E-state index < -0.39 is 0 Å². The molecule has 4 nitrogen and oxygen atoms in total. The van der Waals surface area contributed by atoms with Gasteiger partial charge in [-0.3, -0.25) is 0 Å². The van der Waals surface area contributed by atoms with Gasteiger partial charge in [0.05, 0.1) is 6.61 Å². The number of aryl methyl sites for hydroxylation is 1. The summed E-state index contributed by atoms with van der Waals surface area (Å²) in [6, 6.07) is 15.9. The molecule has 1 aliphatic carbocycles. The van der Waals surface area contributed by atoms with Crippen LogP contribution in [0.1, 0.15) is 68.1 Å². The standard InChI is InChI=1S/C28H38N2O2/c1-21(2)28(31)32-18-6-9-25-19-26(14-15-27(25)20-30-17-16-29)24-12-10-23(11-13-24)22-7-4-3-5-8-22/h10-15,19,22,30H,1,3-9,16-18,20,29H2,2H3. The number of hydrogen-bond acceptors (Lipinski definition) is 4. The molecule has 0 saturated heterocycles. The maximum absolute atomic E-state index is 11.6. The van der Waals surface area contributed by atoms with Crippen molar-refractivity contribution in [2.45, 2.75) is 64.3 Å². The quantitative estimate of drug-likeness (QED) is 0.278. The topological polar surface area (TPSA) is 64.3 Å². The average molecular weight is 435 g/mol. The fraction of sp³-hybridized carbons (Fsp3) is 0.464. The highest BCUT2D eigenvalue weighted by Gasteiger charge is 2.15. The molecule has 0 atom stereocenters. The Bertz CT molecular complexity index is 883. The van der Waals surface area contributed by atoms with Crippen molar-refractivity contribution in [3.8, 4) is 11.1 Å². The summed E-state index contributed by atoms with van der Waals surface area (Å²) in [5, 5.41) is 3.40. The highest BCUT2D eigenvalue weighted by molar-refractivity contribution is 5.86. The fourth-order valence-electron chi connectivity index (χ4n) is 4.47. The molecule has 4 heteroatoms. The van der Waals surface area contributed by atoms with Crippen molar-refractivity contribution in [1.82, 2.24) is 5.32 Å². The first-order valence-electron chi connectivity index (χ1n) is 12.0. The van der Waals surface area contributed by atoms with E-state index >= 15 is 0 Å². The van der Waals surface area contributed by atoms with E-state index in [4.69, 9.17) is 10.5 Å². The highest BCUT2D eigenvalue weighted by Crippen LogP contribution is 2.34. The molecule has 3 N–H and O–H groups in total. The van der Waals surface area contributed by atoms with Gasteiger partial charge in [0, 0.05) is 25.2 Å². The Balaban J connectivity index is 1.70. The summed E-state index contributed by atoms with van der Waals surface area (Å²) >= 11 is 0. The highest BCUT2D eigenvalue weighted by atomic mass is 16.5. The lowest BCUT2D eigenvalue weighted by Crippen LogP contribution is -2.22. The van der Waals surface area contributed by atoms with Crippen LogP contribution < -0.4 is 11.1 Å². The molecule has 1 aliphatic rings. The number of nitrogens with two attached hydrogens (primary N) is 1. The normalized spacial score (nSPS) is 14.3. The second-order valence-electron chi connectivity index (χ2n) is 8.93. The zero-order chi connectivity index (χ0) is 22.8. The molecule has 2 aromatic rings. The lowest BCUT2D eigenvalue weighted by molar-refractivity contribution is -0.139. The summed E-state index contributed by atoms with van der Waals surface area (Å²) in [6.45, 7) is 7.92. The molecule has 0 amide bonds. The van der Waals surface area contributed by atoms with Crippen LogP contribution in [-0.2, 0) is 22.5 Å². The lowest BCUT2D eigenvalue weighted by Gasteiger charge is -2.22. The third-order valence-corrected chi connectivity index (χ3v) is 6.34.